The van der Waals surface area contributed by atoms with Crippen molar-refractivity contribution in [3.05, 3.63) is 23.9 Å². The van der Waals surface area contributed by atoms with Gasteiger partial charge in [-0.3, -0.25) is 4.79 Å². The topological polar surface area (TPSA) is 20.3 Å². The van der Waals surface area contributed by atoms with E-state index in [1.807, 2.05) is 22.9 Å². The van der Waals surface area contributed by atoms with Crippen molar-refractivity contribution < 1.29 is 4.79 Å². The maximum Gasteiger partial charge on any atom is 0.230 e. The highest BCUT2D eigenvalue weighted by molar-refractivity contribution is 14.1. The molecule has 1 saturated heterocycles. The summed E-state index contributed by atoms with van der Waals surface area (Å²) in [6.45, 7) is 0. The first-order valence-corrected chi connectivity index (χ1v) is 6.74. The minimum atomic E-state index is 0.262. The number of allylic oxidation sites excluding steroid dienone is 2. The van der Waals surface area contributed by atoms with E-state index in [0.717, 1.165) is 16.6 Å². The molecule has 0 aromatic rings. The van der Waals surface area contributed by atoms with Gasteiger partial charge in [0.05, 0.1) is 11.8 Å². The van der Waals surface area contributed by atoms with Gasteiger partial charge in [0.15, 0.2) is 0 Å². The van der Waals surface area contributed by atoms with E-state index in [-0.39, 0.29) is 5.91 Å². The van der Waals surface area contributed by atoms with E-state index in [9.17, 15) is 4.79 Å². The van der Waals surface area contributed by atoms with Crippen molar-refractivity contribution in [2.45, 2.75) is 11.8 Å². The van der Waals surface area contributed by atoms with Gasteiger partial charge in [0.2, 0.25) is 5.91 Å². The summed E-state index contributed by atoms with van der Waals surface area (Å²) in [5.74, 6) is 1.30. The molecule has 0 spiro atoms. The summed E-state index contributed by atoms with van der Waals surface area (Å²) in [6.07, 6.45) is 6.96. The number of hydrogen-bond donors (Lipinski definition) is 0. The van der Waals surface area contributed by atoms with Crippen LogP contribution in [0.2, 0.25) is 0 Å². The van der Waals surface area contributed by atoms with Crippen molar-refractivity contribution >= 4 is 40.3 Å². The van der Waals surface area contributed by atoms with E-state index >= 15 is 0 Å². The van der Waals surface area contributed by atoms with Crippen molar-refractivity contribution in [1.29, 1.82) is 0 Å². The Hall–Kier alpha value is 0.0300. The Labute approximate surface area is 95.6 Å². The van der Waals surface area contributed by atoms with Crippen LogP contribution in [0.4, 0.5) is 0 Å². The zero-order valence-corrected chi connectivity index (χ0v) is 10.0. The monoisotopic (exact) mass is 307 g/mol. The minimum Gasteiger partial charge on any atom is -0.306 e. The molecule has 2 nitrogen and oxygen atoms in total. The number of fused-ring (bicyclic) bond motifs is 1. The van der Waals surface area contributed by atoms with Gasteiger partial charge in [-0.1, -0.05) is 34.7 Å². The van der Waals surface area contributed by atoms with E-state index in [1.54, 1.807) is 0 Å². The first-order valence-electron chi connectivity index (χ1n) is 4.17. The summed E-state index contributed by atoms with van der Waals surface area (Å²) in [5, 5.41) is 0.434. The lowest BCUT2D eigenvalue weighted by Crippen LogP contribution is -2.48. The van der Waals surface area contributed by atoms with Crippen molar-refractivity contribution in [2.75, 3.05) is 10.2 Å². The molecule has 1 atom stereocenters. The molecule has 0 unspecified atom stereocenters. The lowest BCUT2D eigenvalue weighted by atomic mass is 10.2. The summed E-state index contributed by atoms with van der Waals surface area (Å²) in [6, 6.07) is 0. The highest BCUT2D eigenvalue weighted by Gasteiger charge is 2.37. The number of halogens is 1. The molecule has 0 radical (unpaired) electrons. The Balaban J connectivity index is 2.05. The van der Waals surface area contributed by atoms with Crippen LogP contribution in [0.5, 0.6) is 0 Å². The van der Waals surface area contributed by atoms with Gasteiger partial charge < -0.3 is 4.90 Å². The lowest BCUT2D eigenvalue weighted by Gasteiger charge is -2.40. The molecule has 0 aromatic heterocycles. The molecule has 4 heteroatoms. The Bertz CT molecular complexity index is 287. The average molecular weight is 307 g/mol. The average Bonchev–Trinajstić information content (AvgIpc) is 2.14. The third-order valence-corrected chi connectivity index (χ3v) is 3.90. The third-order valence-electron chi connectivity index (χ3n) is 2.12. The highest BCUT2D eigenvalue weighted by Crippen LogP contribution is 2.35. The van der Waals surface area contributed by atoms with E-state index in [1.165, 1.54) is 5.57 Å². The second-order valence-corrected chi connectivity index (χ2v) is 5.08. The van der Waals surface area contributed by atoms with Gasteiger partial charge in [0.25, 0.3) is 0 Å². The third kappa shape index (κ3) is 1.93. The zero-order chi connectivity index (χ0) is 9.26. The number of carbonyl (C=O) groups is 1. The molecule has 2 aliphatic rings. The Morgan fingerprint density at radius 3 is 3.31 bits per heavy atom. The maximum atomic E-state index is 11.1. The maximum absolute atomic E-state index is 11.1. The number of hydrogen-bond acceptors (Lipinski definition) is 2. The van der Waals surface area contributed by atoms with Crippen molar-refractivity contribution in [1.82, 2.24) is 4.90 Å². The first kappa shape index (κ1) is 9.58. The fourth-order valence-corrected chi connectivity index (χ4v) is 2.80. The van der Waals surface area contributed by atoms with Crippen LogP contribution >= 0.6 is 34.4 Å². The number of nitrogens with zero attached hydrogens (tertiary/aromatic N) is 1. The number of rotatable bonds is 2. The summed E-state index contributed by atoms with van der Waals surface area (Å²) < 4.78 is 1.02. The van der Waals surface area contributed by atoms with E-state index < -0.39 is 0 Å². The lowest BCUT2D eigenvalue weighted by molar-refractivity contribution is -0.137. The number of β-lactam (4-membered cyclic amide) rings is 1. The number of thioether (sulfide) groups is 1. The van der Waals surface area contributed by atoms with Gasteiger partial charge in [0, 0.05) is 16.4 Å². The summed E-state index contributed by atoms with van der Waals surface area (Å²) >= 11 is 4.17. The van der Waals surface area contributed by atoms with Gasteiger partial charge in [-0.2, -0.15) is 0 Å². The van der Waals surface area contributed by atoms with Gasteiger partial charge in [-0.05, 0) is 5.57 Å². The predicted octanol–water partition coefficient (Wildman–Crippen LogP) is 2.17. The Morgan fingerprint density at radius 2 is 2.62 bits per heavy atom. The minimum absolute atomic E-state index is 0.262. The van der Waals surface area contributed by atoms with Crippen LogP contribution in [0.1, 0.15) is 6.42 Å². The molecule has 13 heavy (non-hydrogen) atoms. The summed E-state index contributed by atoms with van der Waals surface area (Å²) in [4.78, 5) is 13.0. The number of amides is 1. The fourth-order valence-electron chi connectivity index (χ4n) is 1.39. The van der Waals surface area contributed by atoms with E-state index in [4.69, 9.17) is 0 Å². The first-order chi connectivity index (χ1) is 6.31. The van der Waals surface area contributed by atoms with Crippen LogP contribution in [0, 0.1) is 0 Å². The van der Waals surface area contributed by atoms with E-state index in [2.05, 4.69) is 34.7 Å². The second kappa shape index (κ2) is 4.04. The molecular formula is C9H10INOS. The van der Waals surface area contributed by atoms with Crippen LogP contribution in [-0.4, -0.2) is 26.4 Å². The Kier molecular flexibility index (Phi) is 2.98. The van der Waals surface area contributed by atoms with Gasteiger partial charge in [-0.25, -0.2) is 0 Å². The molecule has 1 fully saturated rings. The van der Waals surface area contributed by atoms with Crippen molar-refractivity contribution in [2.24, 2.45) is 0 Å². The second-order valence-electron chi connectivity index (χ2n) is 3.03. The predicted molar refractivity (Wildman–Crippen MR) is 63.8 cm³/mol. The number of alkyl halides is 1. The smallest absolute Gasteiger partial charge is 0.230 e. The van der Waals surface area contributed by atoms with Gasteiger partial charge in [0.1, 0.15) is 0 Å². The fraction of sp³-hybridized carbons (Fsp3) is 0.444. The molecular weight excluding hydrogens is 297 g/mol. The molecule has 0 saturated carbocycles. The van der Waals surface area contributed by atoms with Crippen LogP contribution in [0.3, 0.4) is 0 Å². The molecule has 0 N–H and O–H groups in total. The van der Waals surface area contributed by atoms with Crippen molar-refractivity contribution in [3.63, 3.8) is 0 Å². The van der Waals surface area contributed by atoms with Crippen molar-refractivity contribution in [3.8, 4) is 0 Å². The normalized spacial score (nSPS) is 27.2. The van der Waals surface area contributed by atoms with Crippen LogP contribution < -0.4 is 0 Å². The molecule has 2 heterocycles. The summed E-state index contributed by atoms with van der Waals surface area (Å²) in [7, 11) is 0. The van der Waals surface area contributed by atoms with Crippen LogP contribution in [0.25, 0.3) is 0 Å². The SMILES string of the molecule is O=C1C[C@H]2SCC(C=CCI)=CN12. The van der Waals surface area contributed by atoms with Crippen LogP contribution in [-0.2, 0) is 4.79 Å². The zero-order valence-electron chi connectivity index (χ0n) is 7.07. The molecule has 2 rings (SSSR count). The summed E-state index contributed by atoms with van der Waals surface area (Å²) in [5.41, 5.74) is 1.26. The molecule has 0 bridgehead atoms. The standard InChI is InChI=1S/C9H10INOS/c10-3-1-2-7-5-11-8(12)4-9(11)13-6-7/h1-2,5,9H,3-4,6H2/t9-/m1/s1. The quantitative estimate of drug-likeness (QED) is 0.443. The molecule has 2 aliphatic heterocycles. The van der Waals surface area contributed by atoms with Gasteiger partial charge in [-0.15, -0.1) is 11.8 Å². The highest BCUT2D eigenvalue weighted by atomic mass is 127. The molecule has 0 aromatic carbocycles. The largest absolute Gasteiger partial charge is 0.306 e. The van der Waals surface area contributed by atoms with Gasteiger partial charge >= 0.3 is 0 Å². The molecule has 0 aliphatic carbocycles. The molecule has 1 amide bonds. The Morgan fingerprint density at radius 1 is 1.77 bits per heavy atom. The number of carbonyl (C=O) groups excluding carboxylic acids is 1. The molecule has 70 valence electrons. The van der Waals surface area contributed by atoms with Crippen LogP contribution in [0.15, 0.2) is 23.9 Å². The van der Waals surface area contributed by atoms with E-state index in [0.29, 0.717) is 5.37 Å².